The summed E-state index contributed by atoms with van der Waals surface area (Å²) in [5, 5.41) is 6.19. The number of ether oxygens (including phenoxy) is 1. The van der Waals surface area contributed by atoms with E-state index in [1.54, 1.807) is 0 Å². The number of amides is 1. The molecule has 4 nitrogen and oxygen atoms in total. The summed E-state index contributed by atoms with van der Waals surface area (Å²) in [4.78, 5) is 11.5. The smallest absolute Gasteiger partial charge is 0.220 e. The maximum Gasteiger partial charge on any atom is 0.220 e. The molecule has 0 aromatic heterocycles. The summed E-state index contributed by atoms with van der Waals surface area (Å²) in [7, 11) is 0. The third-order valence-corrected chi connectivity index (χ3v) is 3.23. The number of nitrogens with one attached hydrogen (secondary N) is 2. The van der Waals surface area contributed by atoms with E-state index < -0.39 is 0 Å². The summed E-state index contributed by atoms with van der Waals surface area (Å²) in [6, 6.07) is 0. The first kappa shape index (κ1) is 10.9. The Hall–Kier alpha value is -0.610. The molecule has 0 radical (unpaired) electrons. The Morgan fingerprint density at radius 3 is 2.93 bits per heavy atom. The van der Waals surface area contributed by atoms with Crippen LogP contribution in [0.3, 0.4) is 0 Å². The van der Waals surface area contributed by atoms with Crippen molar-refractivity contribution in [2.24, 2.45) is 5.92 Å². The molecule has 1 saturated carbocycles. The van der Waals surface area contributed by atoms with Gasteiger partial charge in [0.1, 0.15) is 0 Å². The van der Waals surface area contributed by atoms with Gasteiger partial charge in [-0.1, -0.05) is 6.42 Å². The molecule has 1 aliphatic carbocycles. The van der Waals surface area contributed by atoms with Crippen molar-refractivity contribution < 1.29 is 9.53 Å². The maximum atomic E-state index is 11.5. The molecular formula is C11H20N2O2. The molecule has 2 aliphatic rings. The SMILES string of the molecule is O=C(CC1CCC1)NCC1CNCCO1. The highest BCUT2D eigenvalue weighted by molar-refractivity contribution is 5.76. The molecule has 15 heavy (non-hydrogen) atoms. The van der Waals surface area contributed by atoms with Crippen molar-refractivity contribution in [3.05, 3.63) is 0 Å². The van der Waals surface area contributed by atoms with Gasteiger partial charge in [0.2, 0.25) is 5.91 Å². The highest BCUT2D eigenvalue weighted by atomic mass is 16.5. The van der Waals surface area contributed by atoms with Crippen LogP contribution >= 0.6 is 0 Å². The van der Waals surface area contributed by atoms with Crippen LogP contribution in [-0.2, 0) is 9.53 Å². The first-order chi connectivity index (χ1) is 7.34. The predicted molar refractivity (Wildman–Crippen MR) is 57.6 cm³/mol. The van der Waals surface area contributed by atoms with Crippen LogP contribution < -0.4 is 10.6 Å². The highest BCUT2D eigenvalue weighted by Gasteiger charge is 2.21. The average molecular weight is 212 g/mol. The summed E-state index contributed by atoms with van der Waals surface area (Å²) in [6.45, 7) is 3.18. The Bertz CT molecular complexity index is 211. The number of rotatable bonds is 4. The van der Waals surface area contributed by atoms with Gasteiger partial charge in [0, 0.05) is 26.1 Å². The van der Waals surface area contributed by atoms with Gasteiger partial charge in [-0.25, -0.2) is 0 Å². The van der Waals surface area contributed by atoms with Gasteiger partial charge in [0.15, 0.2) is 0 Å². The molecule has 0 aromatic rings. The Balaban J connectivity index is 1.57. The minimum atomic E-state index is 0.157. The van der Waals surface area contributed by atoms with E-state index in [0.717, 1.165) is 19.7 Å². The monoisotopic (exact) mass is 212 g/mol. The molecule has 1 atom stereocenters. The van der Waals surface area contributed by atoms with Crippen molar-refractivity contribution in [2.75, 3.05) is 26.2 Å². The second-order valence-corrected chi connectivity index (χ2v) is 4.50. The molecule has 2 N–H and O–H groups in total. The molecule has 1 aliphatic heterocycles. The van der Waals surface area contributed by atoms with Crippen molar-refractivity contribution in [2.45, 2.75) is 31.8 Å². The molecule has 0 bridgehead atoms. The molecule has 1 unspecified atom stereocenters. The van der Waals surface area contributed by atoms with Gasteiger partial charge >= 0.3 is 0 Å². The summed E-state index contributed by atoms with van der Waals surface area (Å²) in [5.74, 6) is 0.837. The maximum absolute atomic E-state index is 11.5. The molecular weight excluding hydrogens is 192 g/mol. The normalized spacial score (nSPS) is 27.1. The van der Waals surface area contributed by atoms with Gasteiger partial charge in [-0.05, 0) is 18.8 Å². The molecule has 2 rings (SSSR count). The number of carbonyl (C=O) groups excluding carboxylic acids is 1. The van der Waals surface area contributed by atoms with E-state index in [1.165, 1.54) is 19.3 Å². The van der Waals surface area contributed by atoms with Crippen LogP contribution in [-0.4, -0.2) is 38.3 Å². The zero-order valence-corrected chi connectivity index (χ0v) is 9.13. The standard InChI is InChI=1S/C11H20N2O2/c14-11(6-9-2-1-3-9)13-8-10-7-12-4-5-15-10/h9-10,12H,1-8H2,(H,13,14). The fraction of sp³-hybridized carbons (Fsp3) is 0.909. The van der Waals surface area contributed by atoms with Crippen molar-refractivity contribution in [3.63, 3.8) is 0 Å². The first-order valence-electron chi connectivity index (χ1n) is 5.93. The number of hydrogen-bond donors (Lipinski definition) is 2. The molecule has 2 fully saturated rings. The van der Waals surface area contributed by atoms with E-state index in [0.29, 0.717) is 18.9 Å². The average Bonchev–Trinajstić information content (AvgIpc) is 2.22. The predicted octanol–water partition coefficient (Wildman–Crippen LogP) is 0.281. The van der Waals surface area contributed by atoms with Crippen molar-refractivity contribution >= 4 is 5.91 Å². The van der Waals surface area contributed by atoms with E-state index in [9.17, 15) is 4.79 Å². The van der Waals surface area contributed by atoms with E-state index in [4.69, 9.17) is 4.74 Å². The van der Waals surface area contributed by atoms with Crippen molar-refractivity contribution in [1.29, 1.82) is 0 Å². The molecule has 86 valence electrons. The van der Waals surface area contributed by atoms with Crippen LogP contribution in [0, 0.1) is 5.92 Å². The number of morpholine rings is 1. The summed E-state index contributed by atoms with van der Waals surface area (Å²) >= 11 is 0. The molecule has 1 amide bonds. The van der Waals surface area contributed by atoms with Gasteiger partial charge in [-0.2, -0.15) is 0 Å². The Kier molecular flexibility index (Phi) is 3.97. The number of hydrogen-bond acceptors (Lipinski definition) is 3. The lowest BCUT2D eigenvalue weighted by Gasteiger charge is -2.26. The van der Waals surface area contributed by atoms with Crippen LogP contribution in [0.15, 0.2) is 0 Å². The zero-order valence-electron chi connectivity index (χ0n) is 9.13. The fourth-order valence-corrected chi connectivity index (χ4v) is 2.01. The minimum absolute atomic E-state index is 0.157. The lowest BCUT2D eigenvalue weighted by atomic mass is 9.83. The molecule has 0 spiro atoms. The van der Waals surface area contributed by atoms with Crippen LogP contribution in [0.2, 0.25) is 0 Å². The van der Waals surface area contributed by atoms with Gasteiger partial charge in [-0.15, -0.1) is 0 Å². The molecule has 4 heteroatoms. The summed E-state index contributed by atoms with van der Waals surface area (Å²) in [5.41, 5.74) is 0. The van der Waals surface area contributed by atoms with Gasteiger partial charge in [0.25, 0.3) is 0 Å². The van der Waals surface area contributed by atoms with E-state index in [-0.39, 0.29) is 12.0 Å². The Morgan fingerprint density at radius 2 is 2.33 bits per heavy atom. The van der Waals surface area contributed by atoms with Crippen molar-refractivity contribution in [3.8, 4) is 0 Å². The van der Waals surface area contributed by atoms with Crippen LogP contribution in [0.25, 0.3) is 0 Å². The van der Waals surface area contributed by atoms with Crippen LogP contribution in [0.1, 0.15) is 25.7 Å². The molecule has 1 saturated heterocycles. The third kappa shape index (κ3) is 3.47. The fourth-order valence-electron chi connectivity index (χ4n) is 2.01. The van der Waals surface area contributed by atoms with E-state index in [2.05, 4.69) is 10.6 Å². The van der Waals surface area contributed by atoms with E-state index in [1.807, 2.05) is 0 Å². The van der Waals surface area contributed by atoms with Gasteiger partial charge in [0.05, 0.1) is 12.7 Å². The Morgan fingerprint density at radius 1 is 1.47 bits per heavy atom. The second-order valence-electron chi connectivity index (χ2n) is 4.50. The van der Waals surface area contributed by atoms with Gasteiger partial charge in [-0.3, -0.25) is 4.79 Å². The molecule has 0 aromatic carbocycles. The van der Waals surface area contributed by atoms with E-state index >= 15 is 0 Å². The quantitative estimate of drug-likeness (QED) is 0.704. The van der Waals surface area contributed by atoms with Gasteiger partial charge < -0.3 is 15.4 Å². The molecule has 1 heterocycles. The minimum Gasteiger partial charge on any atom is -0.374 e. The highest BCUT2D eigenvalue weighted by Crippen LogP contribution is 2.28. The Labute approximate surface area is 90.8 Å². The zero-order chi connectivity index (χ0) is 10.5. The third-order valence-electron chi connectivity index (χ3n) is 3.23. The largest absolute Gasteiger partial charge is 0.374 e. The lowest BCUT2D eigenvalue weighted by Crippen LogP contribution is -2.45. The second kappa shape index (κ2) is 5.47. The van der Waals surface area contributed by atoms with Crippen LogP contribution in [0.5, 0.6) is 0 Å². The number of carbonyl (C=O) groups is 1. The van der Waals surface area contributed by atoms with Crippen molar-refractivity contribution in [1.82, 2.24) is 10.6 Å². The van der Waals surface area contributed by atoms with Crippen LogP contribution in [0.4, 0.5) is 0 Å². The lowest BCUT2D eigenvalue weighted by molar-refractivity contribution is -0.123. The summed E-state index contributed by atoms with van der Waals surface area (Å²) in [6.07, 6.45) is 4.63. The summed E-state index contributed by atoms with van der Waals surface area (Å²) < 4.78 is 5.50. The first-order valence-corrected chi connectivity index (χ1v) is 5.93. The topological polar surface area (TPSA) is 50.4 Å².